The van der Waals surface area contributed by atoms with E-state index >= 15 is 0 Å². The molecule has 1 aromatic heterocycles. The average Bonchev–Trinajstić information content (AvgIpc) is 2.75. The molecule has 0 spiro atoms. The van der Waals surface area contributed by atoms with Gasteiger partial charge in [-0.15, -0.1) is 5.10 Å². The zero-order chi connectivity index (χ0) is 14.3. The number of carbonyl (C=O) groups is 1. The van der Waals surface area contributed by atoms with Crippen LogP contribution < -0.4 is 0 Å². The SMILES string of the molecule is CCCC(CCC)c1nnnn1CC(C)CC(=O)O. The third kappa shape index (κ3) is 4.96. The molecule has 0 fully saturated rings. The summed E-state index contributed by atoms with van der Waals surface area (Å²) in [6.45, 7) is 6.79. The molecule has 0 aromatic carbocycles. The summed E-state index contributed by atoms with van der Waals surface area (Å²) in [5.74, 6) is 0.535. The molecule has 1 aromatic rings. The van der Waals surface area contributed by atoms with Crippen LogP contribution in [0.15, 0.2) is 0 Å². The lowest BCUT2D eigenvalue weighted by Gasteiger charge is -2.16. The summed E-state index contributed by atoms with van der Waals surface area (Å²) >= 11 is 0. The van der Waals surface area contributed by atoms with E-state index in [1.165, 1.54) is 0 Å². The fourth-order valence-corrected chi connectivity index (χ4v) is 2.39. The predicted octanol–water partition coefficient (Wildman–Crippen LogP) is 2.47. The van der Waals surface area contributed by atoms with Crippen molar-refractivity contribution in [2.45, 2.75) is 65.3 Å². The molecule has 108 valence electrons. The van der Waals surface area contributed by atoms with Gasteiger partial charge in [-0.05, 0) is 29.2 Å². The molecule has 0 aliphatic carbocycles. The molecule has 0 bridgehead atoms. The van der Waals surface area contributed by atoms with E-state index in [-0.39, 0.29) is 12.3 Å². The summed E-state index contributed by atoms with van der Waals surface area (Å²) in [4.78, 5) is 10.7. The molecule has 0 saturated heterocycles. The molecule has 0 amide bonds. The van der Waals surface area contributed by atoms with E-state index < -0.39 is 5.97 Å². The second-order valence-corrected chi connectivity index (χ2v) is 5.20. The lowest BCUT2D eigenvalue weighted by molar-refractivity contribution is -0.138. The second kappa shape index (κ2) is 7.86. The van der Waals surface area contributed by atoms with Crippen molar-refractivity contribution in [3.05, 3.63) is 5.82 Å². The van der Waals surface area contributed by atoms with Gasteiger partial charge in [0, 0.05) is 18.9 Å². The molecule has 1 heterocycles. The summed E-state index contributed by atoms with van der Waals surface area (Å²) in [5, 5.41) is 20.7. The lowest BCUT2D eigenvalue weighted by Crippen LogP contribution is -2.17. The number of carboxylic acid groups (broad SMARTS) is 1. The van der Waals surface area contributed by atoms with Crippen LogP contribution in [0, 0.1) is 5.92 Å². The van der Waals surface area contributed by atoms with E-state index in [1.54, 1.807) is 4.68 Å². The standard InChI is InChI=1S/C13H24N4O2/c1-4-6-11(7-5-2)13-14-15-16-17(13)9-10(3)8-12(18)19/h10-11H,4-9H2,1-3H3,(H,18,19). The third-order valence-corrected chi connectivity index (χ3v) is 3.21. The molecule has 0 radical (unpaired) electrons. The van der Waals surface area contributed by atoms with Crippen molar-refractivity contribution < 1.29 is 9.90 Å². The number of hydrogen-bond donors (Lipinski definition) is 1. The van der Waals surface area contributed by atoms with Gasteiger partial charge in [-0.2, -0.15) is 0 Å². The maximum Gasteiger partial charge on any atom is 0.303 e. The van der Waals surface area contributed by atoms with Gasteiger partial charge in [0.05, 0.1) is 0 Å². The van der Waals surface area contributed by atoms with Crippen LogP contribution in [0.2, 0.25) is 0 Å². The highest BCUT2D eigenvalue weighted by Gasteiger charge is 2.19. The molecule has 1 atom stereocenters. The largest absolute Gasteiger partial charge is 0.481 e. The highest BCUT2D eigenvalue weighted by molar-refractivity contribution is 5.66. The van der Waals surface area contributed by atoms with Crippen LogP contribution in [-0.4, -0.2) is 31.3 Å². The van der Waals surface area contributed by atoms with E-state index in [1.807, 2.05) is 6.92 Å². The molecule has 6 heteroatoms. The number of carboxylic acids is 1. The number of aliphatic carboxylic acids is 1. The van der Waals surface area contributed by atoms with Crippen LogP contribution in [0.3, 0.4) is 0 Å². The van der Waals surface area contributed by atoms with Gasteiger partial charge in [0.15, 0.2) is 5.82 Å². The molecule has 0 aliphatic heterocycles. The Morgan fingerprint density at radius 1 is 1.32 bits per heavy atom. The first-order valence-electron chi connectivity index (χ1n) is 7.06. The van der Waals surface area contributed by atoms with Gasteiger partial charge in [0.1, 0.15) is 0 Å². The Morgan fingerprint density at radius 3 is 2.47 bits per heavy atom. The molecule has 0 saturated carbocycles. The zero-order valence-corrected chi connectivity index (χ0v) is 12.0. The van der Waals surface area contributed by atoms with Gasteiger partial charge in [0.25, 0.3) is 0 Å². The van der Waals surface area contributed by atoms with Gasteiger partial charge in [0.2, 0.25) is 0 Å². The summed E-state index contributed by atoms with van der Waals surface area (Å²) in [7, 11) is 0. The molecule has 1 unspecified atom stereocenters. The van der Waals surface area contributed by atoms with Crippen molar-refractivity contribution in [1.29, 1.82) is 0 Å². The number of tetrazole rings is 1. The summed E-state index contributed by atoms with van der Waals surface area (Å²) < 4.78 is 1.78. The average molecular weight is 268 g/mol. The highest BCUT2D eigenvalue weighted by atomic mass is 16.4. The van der Waals surface area contributed by atoms with E-state index in [4.69, 9.17) is 5.11 Å². The Kier molecular flexibility index (Phi) is 6.45. The first kappa shape index (κ1) is 15.6. The van der Waals surface area contributed by atoms with E-state index in [2.05, 4.69) is 29.4 Å². The number of aromatic nitrogens is 4. The highest BCUT2D eigenvalue weighted by Crippen LogP contribution is 2.24. The normalized spacial score (nSPS) is 12.8. The van der Waals surface area contributed by atoms with Crippen LogP contribution in [0.5, 0.6) is 0 Å². The Morgan fingerprint density at radius 2 is 1.95 bits per heavy atom. The Balaban J connectivity index is 2.74. The maximum absolute atomic E-state index is 10.7. The first-order valence-corrected chi connectivity index (χ1v) is 7.06. The topological polar surface area (TPSA) is 80.9 Å². The van der Waals surface area contributed by atoms with Crippen molar-refractivity contribution in [1.82, 2.24) is 20.2 Å². The van der Waals surface area contributed by atoms with Crippen molar-refractivity contribution >= 4 is 5.97 Å². The first-order chi connectivity index (χ1) is 9.08. The minimum atomic E-state index is -0.777. The monoisotopic (exact) mass is 268 g/mol. The van der Waals surface area contributed by atoms with Gasteiger partial charge in [-0.25, -0.2) is 4.68 Å². The van der Waals surface area contributed by atoms with Crippen molar-refractivity contribution in [2.24, 2.45) is 5.92 Å². The lowest BCUT2D eigenvalue weighted by atomic mass is 9.97. The Hall–Kier alpha value is -1.46. The van der Waals surface area contributed by atoms with Crippen LogP contribution in [0.25, 0.3) is 0 Å². The Labute approximate surface area is 114 Å². The second-order valence-electron chi connectivity index (χ2n) is 5.20. The molecule has 6 nitrogen and oxygen atoms in total. The minimum absolute atomic E-state index is 0.0312. The maximum atomic E-state index is 10.7. The number of rotatable bonds is 9. The third-order valence-electron chi connectivity index (χ3n) is 3.21. The summed E-state index contributed by atoms with van der Waals surface area (Å²) in [5.41, 5.74) is 0. The predicted molar refractivity (Wildman–Crippen MR) is 71.8 cm³/mol. The molecule has 1 N–H and O–H groups in total. The quantitative estimate of drug-likeness (QED) is 0.744. The number of nitrogens with zero attached hydrogens (tertiary/aromatic N) is 4. The summed E-state index contributed by atoms with van der Waals surface area (Å²) in [6, 6.07) is 0. The minimum Gasteiger partial charge on any atom is -0.481 e. The summed E-state index contributed by atoms with van der Waals surface area (Å²) in [6.07, 6.45) is 4.49. The number of hydrogen-bond acceptors (Lipinski definition) is 4. The Bertz CT molecular complexity index is 386. The molecule has 19 heavy (non-hydrogen) atoms. The van der Waals surface area contributed by atoms with Crippen LogP contribution in [0.1, 0.15) is 64.6 Å². The smallest absolute Gasteiger partial charge is 0.303 e. The van der Waals surface area contributed by atoms with E-state index in [9.17, 15) is 4.79 Å². The molecule has 1 rings (SSSR count). The molecular weight excluding hydrogens is 244 g/mol. The molecule has 0 aliphatic rings. The van der Waals surface area contributed by atoms with Gasteiger partial charge in [-0.3, -0.25) is 4.79 Å². The van der Waals surface area contributed by atoms with E-state index in [0.29, 0.717) is 12.5 Å². The van der Waals surface area contributed by atoms with Crippen molar-refractivity contribution in [3.8, 4) is 0 Å². The van der Waals surface area contributed by atoms with Crippen molar-refractivity contribution in [3.63, 3.8) is 0 Å². The fraction of sp³-hybridized carbons (Fsp3) is 0.846. The van der Waals surface area contributed by atoms with Gasteiger partial charge < -0.3 is 5.11 Å². The van der Waals surface area contributed by atoms with Gasteiger partial charge >= 0.3 is 5.97 Å². The molecular formula is C13H24N4O2. The van der Waals surface area contributed by atoms with Crippen LogP contribution in [-0.2, 0) is 11.3 Å². The van der Waals surface area contributed by atoms with Crippen molar-refractivity contribution in [2.75, 3.05) is 0 Å². The van der Waals surface area contributed by atoms with Crippen LogP contribution in [0.4, 0.5) is 0 Å². The fourth-order valence-electron chi connectivity index (χ4n) is 2.39. The van der Waals surface area contributed by atoms with Crippen LogP contribution >= 0.6 is 0 Å². The van der Waals surface area contributed by atoms with E-state index in [0.717, 1.165) is 31.5 Å². The van der Waals surface area contributed by atoms with Gasteiger partial charge in [-0.1, -0.05) is 33.6 Å². The zero-order valence-electron chi connectivity index (χ0n) is 12.0.